The molecular formula is C23H36Cl3N3O2. The van der Waals surface area contributed by atoms with Crippen molar-refractivity contribution in [3.63, 3.8) is 0 Å². The van der Waals surface area contributed by atoms with Crippen LogP contribution in [-0.4, -0.2) is 41.7 Å². The van der Waals surface area contributed by atoms with Crippen molar-refractivity contribution in [1.82, 2.24) is 15.6 Å². The van der Waals surface area contributed by atoms with Gasteiger partial charge >= 0.3 is 0 Å². The average molecular weight is 493 g/mol. The summed E-state index contributed by atoms with van der Waals surface area (Å²) in [4.78, 5) is 17.3. The van der Waals surface area contributed by atoms with E-state index in [4.69, 9.17) is 11.6 Å². The number of halogens is 3. The largest absolute Gasteiger partial charge is 0.392 e. The van der Waals surface area contributed by atoms with Gasteiger partial charge in [0.1, 0.15) is 0 Å². The number of aliphatic hydroxyl groups is 1. The first-order valence-electron chi connectivity index (χ1n) is 11.2. The first kappa shape index (κ1) is 26.7. The predicted molar refractivity (Wildman–Crippen MR) is 130 cm³/mol. The number of rotatable bonds is 9. The van der Waals surface area contributed by atoms with Crippen LogP contribution in [0.3, 0.4) is 0 Å². The van der Waals surface area contributed by atoms with Crippen molar-refractivity contribution in [3.8, 4) is 0 Å². The Kier molecular flexibility index (Phi) is 9.90. The van der Waals surface area contributed by atoms with Gasteiger partial charge in [-0.05, 0) is 94.1 Å². The Morgan fingerprint density at radius 2 is 1.84 bits per heavy atom. The lowest BCUT2D eigenvalue weighted by atomic mass is 9.49. The predicted octanol–water partition coefficient (Wildman–Crippen LogP) is 4.43. The Balaban J connectivity index is 0.00000171. The number of nitrogens with zero attached hydrogens (tertiary/aromatic N) is 1. The molecule has 1 atom stereocenters. The zero-order chi connectivity index (χ0) is 20.4. The van der Waals surface area contributed by atoms with Gasteiger partial charge in [0.2, 0.25) is 0 Å². The SMILES string of the molecule is C[C@H](O)CNCCCc1cc(C(=O)NCC23CC4CC(CC(C4)C2)C3)c(Cl)cn1.Cl.Cl. The van der Waals surface area contributed by atoms with E-state index in [-0.39, 0.29) is 36.8 Å². The third-order valence-electron chi connectivity index (χ3n) is 7.17. The maximum atomic E-state index is 12.9. The maximum absolute atomic E-state index is 12.9. The second-order valence-corrected chi connectivity index (χ2v) is 10.3. The van der Waals surface area contributed by atoms with Gasteiger partial charge in [-0.25, -0.2) is 0 Å². The van der Waals surface area contributed by atoms with E-state index in [2.05, 4.69) is 15.6 Å². The first-order chi connectivity index (χ1) is 13.9. The van der Waals surface area contributed by atoms with Crippen LogP contribution in [0.2, 0.25) is 5.02 Å². The molecule has 0 unspecified atom stereocenters. The number of carbonyl (C=O) groups is 1. The highest BCUT2D eigenvalue weighted by Gasteiger charge is 2.50. The van der Waals surface area contributed by atoms with Crippen LogP contribution in [0.25, 0.3) is 0 Å². The number of carbonyl (C=O) groups excluding carboxylic acids is 1. The third-order valence-corrected chi connectivity index (χ3v) is 7.47. The van der Waals surface area contributed by atoms with Gasteiger partial charge in [0.15, 0.2) is 0 Å². The average Bonchev–Trinajstić information content (AvgIpc) is 2.66. The van der Waals surface area contributed by atoms with E-state index in [1.54, 1.807) is 13.1 Å². The Morgan fingerprint density at radius 3 is 2.42 bits per heavy atom. The lowest BCUT2D eigenvalue weighted by molar-refractivity contribution is -0.0503. The van der Waals surface area contributed by atoms with Crippen molar-refractivity contribution in [2.75, 3.05) is 19.6 Å². The van der Waals surface area contributed by atoms with Gasteiger partial charge in [0.25, 0.3) is 5.91 Å². The summed E-state index contributed by atoms with van der Waals surface area (Å²) in [7, 11) is 0. The van der Waals surface area contributed by atoms with Crippen molar-refractivity contribution < 1.29 is 9.90 Å². The van der Waals surface area contributed by atoms with Gasteiger partial charge in [0, 0.05) is 25.0 Å². The smallest absolute Gasteiger partial charge is 0.252 e. The van der Waals surface area contributed by atoms with Crippen LogP contribution >= 0.6 is 36.4 Å². The number of aliphatic hydroxyl groups excluding tert-OH is 1. The monoisotopic (exact) mass is 491 g/mol. The van der Waals surface area contributed by atoms with E-state index in [1.165, 1.54) is 38.5 Å². The van der Waals surface area contributed by atoms with E-state index in [0.29, 0.717) is 22.5 Å². The van der Waals surface area contributed by atoms with E-state index in [1.807, 2.05) is 6.07 Å². The molecule has 1 heterocycles. The van der Waals surface area contributed by atoms with E-state index in [0.717, 1.165) is 49.4 Å². The van der Waals surface area contributed by atoms with Gasteiger partial charge < -0.3 is 15.7 Å². The van der Waals surface area contributed by atoms with Crippen molar-refractivity contribution in [2.45, 2.75) is 64.4 Å². The fourth-order valence-corrected chi connectivity index (χ4v) is 6.56. The van der Waals surface area contributed by atoms with Crippen LogP contribution in [-0.2, 0) is 6.42 Å². The zero-order valence-electron chi connectivity index (χ0n) is 18.2. The molecule has 0 saturated heterocycles. The van der Waals surface area contributed by atoms with E-state index >= 15 is 0 Å². The minimum Gasteiger partial charge on any atom is -0.392 e. The summed E-state index contributed by atoms with van der Waals surface area (Å²) in [5.74, 6) is 2.59. The number of aromatic nitrogens is 1. The van der Waals surface area contributed by atoms with Crippen LogP contribution in [0.15, 0.2) is 12.3 Å². The quantitative estimate of drug-likeness (QED) is 0.446. The number of amides is 1. The summed E-state index contributed by atoms with van der Waals surface area (Å²) in [5.41, 5.74) is 1.74. The van der Waals surface area contributed by atoms with E-state index in [9.17, 15) is 9.90 Å². The van der Waals surface area contributed by atoms with Crippen molar-refractivity contribution in [1.29, 1.82) is 0 Å². The molecule has 176 valence electrons. The molecule has 4 aliphatic carbocycles. The number of hydrogen-bond acceptors (Lipinski definition) is 4. The van der Waals surface area contributed by atoms with E-state index < -0.39 is 0 Å². The van der Waals surface area contributed by atoms with Crippen LogP contribution in [0, 0.1) is 23.2 Å². The summed E-state index contributed by atoms with van der Waals surface area (Å²) < 4.78 is 0. The van der Waals surface area contributed by atoms with Crippen LogP contribution in [0.1, 0.15) is 67.9 Å². The molecule has 5 nitrogen and oxygen atoms in total. The highest BCUT2D eigenvalue weighted by Crippen LogP contribution is 2.59. The maximum Gasteiger partial charge on any atom is 0.252 e. The van der Waals surface area contributed by atoms with Crippen LogP contribution < -0.4 is 10.6 Å². The standard InChI is InChI=1S/C23H34ClN3O2.2ClH/c1-15(28)12-25-4-2-3-19-8-20(21(24)13-26-19)22(29)27-14-23-9-16-5-17(10-23)7-18(6-16)11-23;;/h8,13,15-18,25,28H,2-7,9-12,14H2,1H3,(H,27,29);2*1H/t15-,16?,17?,18?,23?;;/m0../s1. The molecular weight excluding hydrogens is 457 g/mol. The van der Waals surface area contributed by atoms with Crippen molar-refractivity contribution in [2.24, 2.45) is 23.2 Å². The lowest BCUT2D eigenvalue weighted by Crippen LogP contribution is -2.51. The molecule has 4 fully saturated rings. The minimum atomic E-state index is -0.340. The Labute approximate surface area is 203 Å². The third kappa shape index (κ3) is 6.70. The van der Waals surface area contributed by atoms with Gasteiger partial charge in [-0.15, -0.1) is 24.8 Å². The molecule has 31 heavy (non-hydrogen) atoms. The minimum absolute atomic E-state index is 0. The first-order valence-corrected chi connectivity index (χ1v) is 11.6. The molecule has 4 bridgehead atoms. The fraction of sp³-hybridized carbons (Fsp3) is 0.739. The van der Waals surface area contributed by atoms with Gasteiger partial charge in [-0.1, -0.05) is 11.6 Å². The number of hydrogen-bond donors (Lipinski definition) is 3. The number of aryl methyl sites for hydroxylation is 1. The second-order valence-electron chi connectivity index (χ2n) is 9.91. The summed E-state index contributed by atoms with van der Waals surface area (Å²) in [6, 6.07) is 1.84. The van der Waals surface area contributed by atoms with Crippen molar-refractivity contribution in [3.05, 3.63) is 28.5 Å². The van der Waals surface area contributed by atoms with Crippen LogP contribution in [0.5, 0.6) is 0 Å². The summed E-state index contributed by atoms with van der Waals surface area (Å²) >= 11 is 6.30. The molecule has 1 amide bonds. The molecule has 0 spiro atoms. The number of nitrogens with one attached hydrogen (secondary N) is 2. The highest BCUT2D eigenvalue weighted by atomic mass is 35.5. The number of pyridine rings is 1. The Hall–Kier alpha value is -0.590. The Bertz CT molecular complexity index is 709. The summed E-state index contributed by atoms with van der Waals surface area (Å²) in [6.07, 6.45) is 11.0. The lowest BCUT2D eigenvalue weighted by Gasteiger charge is -2.56. The molecule has 1 aromatic rings. The molecule has 5 rings (SSSR count). The summed E-state index contributed by atoms with van der Waals surface area (Å²) in [6.45, 7) is 3.95. The van der Waals surface area contributed by atoms with Gasteiger partial charge in [0.05, 0.1) is 16.7 Å². The molecule has 0 aromatic carbocycles. The molecule has 8 heteroatoms. The molecule has 4 saturated carbocycles. The second kappa shape index (κ2) is 11.5. The Morgan fingerprint density at radius 1 is 1.23 bits per heavy atom. The molecule has 0 radical (unpaired) electrons. The highest BCUT2D eigenvalue weighted by molar-refractivity contribution is 6.33. The molecule has 1 aromatic heterocycles. The molecule has 3 N–H and O–H groups in total. The van der Waals surface area contributed by atoms with Gasteiger partial charge in [-0.2, -0.15) is 0 Å². The van der Waals surface area contributed by atoms with Crippen molar-refractivity contribution >= 4 is 42.3 Å². The van der Waals surface area contributed by atoms with Gasteiger partial charge in [-0.3, -0.25) is 9.78 Å². The van der Waals surface area contributed by atoms with Crippen LogP contribution in [0.4, 0.5) is 0 Å². The topological polar surface area (TPSA) is 74.2 Å². The zero-order valence-corrected chi connectivity index (χ0v) is 20.6. The summed E-state index contributed by atoms with van der Waals surface area (Å²) in [5, 5.41) is 16.1. The fourth-order valence-electron chi connectivity index (χ4n) is 6.37. The normalized spacial score (nSPS) is 29.1. The molecule has 4 aliphatic rings. The molecule has 0 aliphatic heterocycles.